The van der Waals surface area contributed by atoms with Gasteiger partial charge in [-0.25, -0.2) is 0 Å². The summed E-state index contributed by atoms with van der Waals surface area (Å²) in [5.41, 5.74) is 11.9. The molecule has 0 heterocycles. The Morgan fingerprint density at radius 1 is 1.05 bits per heavy atom. The molecule has 0 spiro atoms. The molecule has 0 saturated heterocycles. The molecule has 0 aliphatic heterocycles. The average molecular weight is 283 g/mol. The highest BCUT2D eigenvalue weighted by molar-refractivity contribution is 7.99. The number of benzene rings is 2. The highest BCUT2D eigenvalue weighted by atomic mass is 32.2. The van der Waals surface area contributed by atoms with Crippen LogP contribution in [-0.4, -0.2) is 5.75 Å². The Morgan fingerprint density at radius 3 is 2.60 bits per heavy atom. The summed E-state index contributed by atoms with van der Waals surface area (Å²) in [6.45, 7) is 2.11. The number of hydrogen-bond acceptors (Lipinski definition) is 2. The van der Waals surface area contributed by atoms with Crippen LogP contribution in [0, 0.1) is 6.92 Å². The smallest absolute Gasteiger partial charge is 0.0390 e. The van der Waals surface area contributed by atoms with Gasteiger partial charge in [-0.15, -0.1) is 11.8 Å². The Bertz CT molecular complexity index is 589. The third-order valence-electron chi connectivity index (χ3n) is 4.01. The fourth-order valence-electron chi connectivity index (χ4n) is 2.73. The van der Waals surface area contributed by atoms with Crippen LogP contribution in [0.15, 0.2) is 47.4 Å². The van der Waals surface area contributed by atoms with Crippen molar-refractivity contribution in [2.75, 3.05) is 5.75 Å². The lowest BCUT2D eigenvalue weighted by atomic mass is 10.1. The highest BCUT2D eigenvalue weighted by Crippen LogP contribution is 2.29. The molecule has 3 rings (SSSR count). The van der Waals surface area contributed by atoms with Crippen molar-refractivity contribution in [3.05, 3.63) is 64.7 Å². The van der Waals surface area contributed by atoms with Crippen molar-refractivity contribution in [1.29, 1.82) is 0 Å². The number of rotatable bonds is 4. The van der Waals surface area contributed by atoms with Crippen molar-refractivity contribution in [3.8, 4) is 0 Å². The molecule has 0 aromatic heterocycles. The first kappa shape index (κ1) is 13.7. The topological polar surface area (TPSA) is 26.0 Å². The molecule has 2 aromatic rings. The first-order chi connectivity index (χ1) is 9.72. The fourth-order valence-corrected chi connectivity index (χ4v) is 3.69. The van der Waals surface area contributed by atoms with Gasteiger partial charge in [0, 0.05) is 16.7 Å². The normalized spacial score (nSPS) is 15.1. The van der Waals surface area contributed by atoms with Crippen LogP contribution in [0.25, 0.3) is 0 Å². The lowest BCUT2D eigenvalue weighted by molar-refractivity contribution is 0.831. The van der Waals surface area contributed by atoms with Gasteiger partial charge in [-0.2, -0.15) is 0 Å². The van der Waals surface area contributed by atoms with E-state index in [9.17, 15) is 0 Å². The minimum absolute atomic E-state index is 0.105. The number of hydrogen-bond donors (Lipinski definition) is 1. The first-order valence-corrected chi connectivity index (χ1v) is 8.28. The molecule has 20 heavy (non-hydrogen) atoms. The SMILES string of the molecule is Cc1ccc(C(N)CSc2ccc3c(c2)CCC3)cc1. The Balaban J connectivity index is 1.63. The second kappa shape index (κ2) is 6.02. The molecule has 0 saturated carbocycles. The van der Waals surface area contributed by atoms with Gasteiger partial charge in [0.2, 0.25) is 0 Å². The van der Waals surface area contributed by atoms with Crippen LogP contribution in [0.3, 0.4) is 0 Å². The minimum Gasteiger partial charge on any atom is -0.323 e. The summed E-state index contributed by atoms with van der Waals surface area (Å²) in [6.07, 6.45) is 3.81. The molecule has 0 amide bonds. The Hall–Kier alpha value is -1.25. The van der Waals surface area contributed by atoms with Crippen molar-refractivity contribution < 1.29 is 0 Å². The van der Waals surface area contributed by atoms with Gasteiger partial charge in [-0.3, -0.25) is 0 Å². The first-order valence-electron chi connectivity index (χ1n) is 7.29. The molecule has 104 valence electrons. The van der Waals surface area contributed by atoms with Gasteiger partial charge in [-0.05, 0) is 55.0 Å². The lowest BCUT2D eigenvalue weighted by Gasteiger charge is -2.12. The van der Waals surface area contributed by atoms with Crippen LogP contribution in [-0.2, 0) is 12.8 Å². The van der Waals surface area contributed by atoms with Crippen molar-refractivity contribution in [2.24, 2.45) is 5.73 Å². The number of fused-ring (bicyclic) bond motifs is 1. The Kier molecular flexibility index (Phi) is 4.13. The van der Waals surface area contributed by atoms with E-state index in [2.05, 4.69) is 49.4 Å². The molecule has 0 fully saturated rings. The molecular formula is C18H21NS. The van der Waals surface area contributed by atoms with Gasteiger partial charge in [-0.1, -0.05) is 35.9 Å². The Labute approximate surface area is 125 Å². The second-order valence-electron chi connectivity index (χ2n) is 5.61. The summed E-state index contributed by atoms with van der Waals surface area (Å²) < 4.78 is 0. The molecule has 0 radical (unpaired) electrons. The standard InChI is InChI=1S/C18H21NS/c1-13-5-7-15(8-6-13)18(19)12-20-17-10-9-14-3-2-4-16(14)11-17/h5-11,18H,2-4,12,19H2,1H3. The van der Waals surface area contributed by atoms with Crippen LogP contribution < -0.4 is 5.73 Å². The van der Waals surface area contributed by atoms with Gasteiger partial charge in [0.1, 0.15) is 0 Å². The summed E-state index contributed by atoms with van der Waals surface area (Å²) in [5, 5.41) is 0. The van der Waals surface area contributed by atoms with Crippen LogP contribution >= 0.6 is 11.8 Å². The van der Waals surface area contributed by atoms with Gasteiger partial charge in [0.25, 0.3) is 0 Å². The number of aryl methyl sites for hydroxylation is 3. The summed E-state index contributed by atoms with van der Waals surface area (Å²) in [4.78, 5) is 1.35. The average Bonchev–Trinajstić information content (AvgIpc) is 2.93. The van der Waals surface area contributed by atoms with Crippen molar-refractivity contribution in [3.63, 3.8) is 0 Å². The van der Waals surface area contributed by atoms with E-state index in [0.717, 1.165) is 5.75 Å². The molecule has 2 heteroatoms. The molecule has 1 atom stereocenters. The van der Waals surface area contributed by atoms with E-state index in [1.54, 1.807) is 5.56 Å². The zero-order chi connectivity index (χ0) is 13.9. The molecule has 1 unspecified atom stereocenters. The Morgan fingerprint density at radius 2 is 1.80 bits per heavy atom. The molecule has 0 bridgehead atoms. The molecule has 1 aliphatic rings. The van der Waals surface area contributed by atoms with Gasteiger partial charge >= 0.3 is 0 Å². The van der Waals surface area contributed by atoms with Crippen molar-refractivity contribution >= 4 is 11.8 Å². The van der Waals surface area contributed by atoms with Crippen molar-refractivity contribution in [2.45, 2.75) is 37.1 Å². The van der Waals surface area contributed by atoms with Gasteiger partial charge in [0.05, 0.1) is 0 Å². The van der Waals surface area contributed by atoms with Crippen molar-refractivity contribution in [1.82, 2.24) is 0 Å². The van der Waals surface area contributed by atoms with E-state index in [1.165, 1.54) is 40.8 Å². The van der Waals surface area contributed by atoms with Crippen LogP contribution in [0.2, 0.25) is 0 Å². The van der Waals surface area contributed by atoms with Gasteiger partial charge in [0.15, 0.2) is 0 Å². The summed E-state index contributed by atoms with van der Waals surface area (Å²) in [6, 6.07) is 15.6. The second-order valence-corrected chi connectivity index (χ2v) is 6.71. The molecule has 2 aromatic carbocycles. The van der Waals surface area contributed by atoms with E-state index >= 15 is 0 Å². The fraction of sp³-hybridized carbons (Fsp3) is 0.333. The number of thioether (sulfide) groups is 1. The van der Waals surface area contributed by atoms with Crippen LogP contribution in [0.1, 0.15) is 34.7 Å². The summed E-state index contributed by atoms with van der Waals surface area (Å²) in [5.74, 6) is 0.932. The van der Waals surface area contributed by atoms with Gasteiger partial charge < -0.3 is 5.73 Å². The molecule has 2 N–H and O–H groups in total. The van der Waals surface area contributed by atoms with Crippen LogP contribution in [0.5, 0.6) is 0 Å². The minimum atomic E-state index is 0.105. The predicted octanol–water partition coefficient (Wildman–Crippen LogP) is 4.28. The third-order valence-corrected chi connectivity index (χ3v) is 5.12. The lowest BCUT2D eigenvalue weighted by Crippen LogP contribution is -2.12. The largest absolute Gasteiger partial charge is 0.323 e. The summed E-state index contributed by atoms with van der Waals surface area (Å²) >= 11 is 1.87. The maximum atomic E-state index is 6.28. The highest BCUT2D eigenvalue weighted by Gasteiger charge is 2.12. The quantitative estimate of drug-likeness (QED) is 0.848. The number of nitrogens with two attached hydrogens (primary N) is 1. The molecule has 1 nitrogen and oxygen atoms in total. The van der Waals surface area contributed by atoms with E-state index in [1.807, 2.05) is 11.8 Å². The molecule has 1 aliphatic carbocycles. The maximum Gasteiger partial charge on any atom is 0.0390 e. The zero-order valence-corrected chi connectivity index (χ0v) is 12.7. The van der Waals surface area contributed by atoms with E-state index in [0.29, 0.717) is 0 Å². The molecular weight excluding hydrogens is 262 g/mol. The zero-order valence-electron chi connectivity index (χ0n) is 11.9. The third kappa shape index (κ3) is 3.08. The van der Waals surface area contributed by atoms with E-state index < -0.39 is 0 Å². The summed E-state index contributed by atoms with van der Waals surface area (Å²) in [7, 11) is 0. The van der Waals surface area contributed by atoms with E-state index in [4.69, 9.17) is 5.73 Å². The maximum absolute atomic E-state index is 6.28. The monoisotopic (exact) mass is 283 g/mol. The van der Waals surface area contributed by atoms with Crippen LogP contribution in [0.4, 0.5) is 0 Å². The predicted molar refractivity (Wildman–Crippen MR) is 87.3 cm³/mol. The van der Waals surface area contributed by atoms with E-state index in [-0.39, 0.29) is 6.04 Å².